The van der Waals surface area contributed by atoms with Gasteiger partial charge < -0.3 is 10.0 Å². The van der Waals surface area contributed by atoms with Crippen molar-refractivity contribution < 1.29 is 9.90 Å². The summed E-state index contributed by atoms with van der Waals surface area (Å²) in [5.74, 6) is -0.684. The third-order valence-corrected chi connectivity index (χ3v) is 3.90. The molecule has 1 unspecified atom stereocenters. The van der Waals surface area contributed by atoms with E-state index < -0.39 is 5.97 Å². The molecule has 1 aromatic carbocycles. The van der Waals surface area contributed by atoms with Crippen LogP contribution in [0.15, 0.2) is 30.3 Å². The van der Waals surface area contributed by atoms with Crippen LogP contribution < -0.4 is 0 Å². The van der Waals surface area contributed by atoms with Crippen LogP contribution in [0.4, 0.5) is 0 Å². The molecule has 1 aliphatic heterocycles. The lowest BCUT2D eigenvalue weighted by atomic mass is 9.95. The lowest BCUT2D eigenvalue weighted by molar-refractivity contribution is -0.137. The number of halogens is 1. The molecule has 3 nitrogen and oxygen atoms in total. The van der Waals surface area contributed by atoms with Crippen molar-refractivity contribution in [2.75, 3.05) is 13.1 Å². The first-order chi connectivity index (χ1) is 9.25. The summed E-state index contributed by atoms with van der Waals surface area (Å²) in [5, 5.41) is 8.73. The van der Waals surface area contributed by atoms with E-state index in [1.54, 1.807) is 0 Å². The molecule has 1 N–H and O–H groups in total. The Morgan fingerprint density at radius 2 is 2.00 bits per heavy atom. The van der Waals surface area contributed by atoms with Gasteiger partial charge in [0, 0.05) is 12.5 Å². The molecule has 1 fully saturated rings. The Morgan fingerprint density at radius 1 is 1.25 bits per heavy atom. The van der Waals surface area contributed by atoms with Gasteiger partial charge in [-0.1, -0.05) is 36.8 Å². The Kier molecular flexibility index (Phi) is 7.63. The van der Waals surface area contributed by atoms with Crippen LogP contribution in [0.3, 0.4) is 0 Å². The number of hydrogen-bond acceptors (Lipinski definition) is 2. The van der Waals surface area contributed by atoms with Crippen LogP contribution in [0.1, 0.15) is 37.7 Å². The standard InChI is InChI=1S/C16H23NO2.ClH/c18-16(19)10-6-12-17-11-5-4-9-15(17)13-14-7-2-1-3-8-14;/h1-3,7-8,15H,4-6,9-13H2,(H,18,19);1H. The Hall–Kier alpha value is -1.06. The summed E-state index contributed by atoms with van der Waals surface area (Å²) in [6, 6.07) is 11.2. The Balaban J connectivity index is 0.00000200. The Morgan fingerprint density at radius 3 is 2.70 bits per heavy atom. The van der Waals surface area contributed by atoms with Crippen molar-refractivity contribution in [2.45, 2.75) is 44.6 Å². The maximum absolute atomic E-state index is 10.6. The van der Waals surface area contributed by atoms with Crippen molar-refractivity contribution in [3.8, 4) is 0 Å². The molecule has 4 heteroatoms. The van der Waals surface area contributed by atoms with E-state index in [1.807, 2.05) is 0 Å². The fourth-order valence-corrected chi connectivity index (χ4v) is 2.91. The smallest absolute Gasteiger partial charge is 0.303 e. The van der Waals surface area contributed by atoms with Crippen molar-refractivity contribution in [3.05, 3.63) is 35.9 Å². The summed E-state index contributed by atoms with van der Waals surface area (Å²) in [4.78, 5) is 13.1. The number of carboxylic acids is 1. The minimum atomic E-state index is -0.684. The monoisotopic (exact) mass is 297 g/mol. The van der Waals surface area contributed by atoms with E-state index in [2.05, 4.69) is 35.2 Å². The molecule has 0 bridgehead atoms. The molecule has 1 aromatic rings. The summed E-state index contributed by atoms with van der Waals surface area (Å²) in [7, 11) is 0. The van der Waals surface area contributed by atoms with E-state index in [-0.39, 0.29) is 18.8 Å². The highest BCUT2D eigenvalue weighted by Crippen LogP contribution is 2.21. The van der Waals surface area contributed by atoms with Gasteiger partial charge in [0.25, 0.3) is 0 Å². The zero-order chi connectivity index (χ0) is 13.5. The lowest BCUT2D eigenvalue weighted by Crippen LogP contribution is -2.41. The van der Waals surface area contributed by atoms with E-state index >= 15 is 0 Å². The predicted octanol–water partition coefficient (Wildman–Crippen LogP) is 3.37. The van der Waals surface area contributed by atoms with Crippen molar-refractivity contribution >= 4 is 18.4 Å². The number of carboxylic acid groups (broad SMARTS) is 1. The molecule has 0 radical (unpaired) electrons. The molecule has 0 saturated carbocycles. The number of aliphatic carboxylic acids is 1. The highest BCUT2D eigenvalue weighted by Gasteiger charge is 2.22. The van der Waals surface area contributed by atoms with Crippen LogP contribution in [0.5, 0.6) is 0 Å². The van der Waals surface area contributed by atoms with Gasteiger partial charge in [-0.15, -0.1) is 12.4 Å². The average Bonchev–Trinajstić information content (AvgIpc) is 2.41. The largest absolute Gasteiger partial charge is 0.481 e. The number of piperidine rings is 1. The molecule has 1 aliphatic rings. The second kappa shape index (κ2) is 8.98. The topological polar surface area (TPSA) is 40.5 Å². The molecule has 20 heavy (non-hydrogen) atoms. The molecule has 1 saturated heterocycles. The zero-order valence-corrected chi connectivity index (χ0v) is 12.6. The molecule has 1 atom stereocenters. The first kappa shape index (κ1) is 17.0. The van der Waals surface area contributed by atoms with E-state index in [0.717, 1.165) is 25.9 Å². The average molecular weight is 298 g/mol. The molecule has 112 valence electrons. The van der Waals surface area contributed by atoms with Crippen molar-refractivity contribution in [1.82, 2.24) is 4.90 Å². The SMILES string of the molecule is Cl.O=C(O)CCCN1CCCCC1Cc1ccccc1. The van der Waals surface area contributed by atoms with Gasteiger partial charge in [0.1, 0.15) is 0 Å². The van der Waals surface area contributed by atoms with Crippen molar-refractivity contribution in [1.29, 1.82) is 0 Å². The highest BCUT2D eigenvalue weighted by atomic mass is 35.5. The molecule has 1 heterocycles. The highest BCUT2D eigenvalue weighted by molar-refractivity contribution is 5.85. The van der Waals surface area contributed by atoms with Gasteiger partial charge in [-0.2, -0.15) is 0 Å². The molecule has 2 rings (SSSR count). The normalized spacial score (nSPS) is 19.3. The molecule has 0 aliphatic carbocycles. The predicted molar refractivity (Wildman–Crippen MR) is 83.5 cm³/mol. The first-order valence-electron chi connectivity index (χ1n) is 7.25. The second-order valence-corrected chi connectivity index (χ2v) is 5.37. The van der Waals surface area contributed by atoms with Crippen LogP contribution >= 0.6 is 12.4 Å². The Bertz CT molecular complexity index is 397. The zero-order valence-electron chi connectivity index (χ0n) is 11.8. The van der Waals surface area contributed by atoms with Crippen LogP contribution in [0, 0.1) is 0 Å². The summed E-state index contributed by atoms with van der Waals surface area (Å²) in [6.45, 7) is 2.04. The van der Waals surface area contributed by atoms with Gasteiger partial charge in [-0.25, -0.2) is 0 Å². The van der Waals surface area contributed by atoms with Crippen LogP contribution in [0.2, 0.25) is 0 Å². The maximum atomic E-state index is 10.6. The van der Waals surface area contributed by atoms with Crippen LogP contribution in [-0.4, -0.2) is 35.1 Å². The summed E-state index contributed by atoms with van der Waals surface area (Å²) < 4.78 is 0. The minimum absolute atomic E-state index is 0. The minimum Gasteiger partial charge on any atom is -0.481 e. The summed E-state index contributed by atoms with van der Waals surface area (Å²) in [6.07, 6.45) is 5.93. The number of rotatable bonds is 6. The summed E-state index contributed by atoms with van der Waals surface area (Å²) in [5.41, 5.74) is 1.39. The van der Waals surface area contributed by atoms with Gasteiger partial charge >= 0.3 is 5.97 Å². The van der Waals surface area contributed by atoms with E-state index in [1.165, 1.54) is 24.8 Å². The molecule has 0 spiro atoms. The lowest BCUT2D eigenvalue weighted by Gasteiger charge is -2.35. The Labute approximate surface area is 127 Å². The van der Waals surface area contributed by atoms with Gasteiger partial charge in [0.2, 0.25) is 0 Å². The van der Waals surface area contributed by atoms with Gasteiger partial charge in [0.15, 0.2) is 0 Å². The quantitative estimate of drug-likeness (QED) is 0.875. The van der Waals surface area contributed by atoms with Gasteiger partial charge in [-0.3, -0.25) is 4.79 Å². The number of carbonyl (C=O) groups is 1. The van der Waals surface area contributed by atoms with E-state index in [0.29, 0.717) is 6.04 Å². The second-order valence-electron chi connectivity index (χ2n) is 5.37. The number of likely N-dealkylation sites (tertiary alicyclic amines) is 1. The fourth-order valence-electron chi connectivity index (χ4n) is 2.91. The summed E-state index contributed by atoms with van der Waals surface area (Å²) >= 11 is 0. The third kappa shape index (κ3) is 5.51. The van der Waals surface area contributed by atoms with Crippen LogP contribution in [0.25, 0.3) is 0 Å². The maximum Gasteiger partial charge on any atom is 0.303 e. The molecular weight excluding hydrogens is 274 g/mol. The number of benzene rings is 1. The van der Waals surface area contributed by atoms with E-state index in [9.17, 15) is 4.79 Å². The van der Waals surface area contributed by atoms with Crippen molar-refractivity contribution in [2.24, 2.45) is 0 Å². The van der Waals surface area contributed by atoms with Crippen LogP contribution in [-0.2, 0) is 11.2 Å². The fraction of sp³-hybridized carbons (Fsp3) is 0.562. The number of nitrogens with zero attached hydrogens (tertiary/aromatic N) is 1. The first-order valence-corrected chi connectivity index (χ1v) is 7.25. The van der Waals surface area contributed by atoms with Crippen molar-refractivity contribution in [3.63, 3.8) is 0 Å². The molecule has 0 amide bonds. The van der Waals surface area contributed by atoms with E-state index in [4.69, 9.17) is 5.11 Å². The molecular formula is C16H24ClNO2. The van der Waals surface area contributed by atoms with Gasteiger partial charge in [0.05, 0.1) is 0 Å². The third-order valence-electron chi connectivity index (χ3n) is 3.90. The van der Waals surface area contributed by atoms with Gasteiger partial charge in [-0.05, 0) is 44.3 Å². The molecule has 0 aromatic heterocycles. The number of hydrogen-bond donors (Lipinski definition) is 1.